The van der Waals surface area contributed by atoms with Gasteiger partial charge in [0.1, 0.15) is 0 Å². The van der Waals surface area contributed by atoms with Crippen molar-refractivity contribution in [1.29, 1.82) is 0 Å². The highest BCUT2D eigenvalue weighted by Gasteiger charge is 2.26. The summed E-state index contributed by atoms with van der Waals surface area (Å²) in [6, 6.07) is 5.62. The normalized spacial score (nSPS) is 11.8. The summed E-state index contributed by atoms with van der Waals surface area (Å²) in [4.78, 5) is 4.68. The summed E-state index contributed by atoms with van der Waals surface area (Å²) in [6.45, 7) is 4.95. The number of nitrogens with zero attached hydrogens (tertiary/aromatic N) is 1. The number of benzene rings is 1. The van der Waals surface area contributed by atoms with Crippen molar-refractivity contribution in [2.24, 2.45) is 5.73 Å². The van der Waals surface area contributed by atoms with Gasteiger partial charge in [0.15, 0.2) is 0 Å². The summed E-state index contributed by atoms with van der Waals surface area (Å²) in [5.41, 5.74) is 7.51. The van der Waals surface area contributed by atoms with Crippen LogP contribution >= 0.6 is 34.5 Å². The minimum atomic E-state index is -0.105. The van der Waals surface area contributed by atoms with E-state index in [-0.39, 0.29) is 5.41 Å². The van der Waals surface area contributed by atoms with Gasteiger partial charge >= 0.3 is 0 Å². The van der Waals surface area contributed by atoms with Gasteiger partial charge in [-0.2, -0.15) is 0 Å². The molecule has 1 heterocycles. The molecule has 0 atom stereocenters. The number of thiazole rings is 1. The third kappa shape index (κ3) is 3.53. The molecule has 0 saturated carbocycles. The Bertz CT molecular complexity index is 573. The molecule has 5 heteroatoms. The molecule has 0 radical (unpaired) electrons. The zero-order valence-corrected chi connectivity index (χ0v) is 13.9. The first-order valence-electron chi connectivity index (χ1n) is 6.52. The second-order valence-corrected chi connectivity index (χ2v) is 7.12. The van der Waals surface area contributed by atoms with Crippen LogP contribution in [-0.4, -0.2) is 11.5 Å². The van der Waals surface area contributed by atoms with E-state index < -0.39 is 0 Å². The summed E-state index contributed by atoms with van der Waals surface area (Å²) in [5.74, 6) is 0. The molecule has 2 nitrogen and oxygen atoms in total. The third-order valence-electron chi connectivity index (χ3n) is 3.21. The summed E-state index contributed by atoms with van der Waals surface area (Å²) < 4.78 is 0. The van der Waals surface area contributed by atoms with E-state index in [1.54, 1.807) is 11.3 Å². The maximum Gasteiger partial charge on any atom is 0.0987 e. The molecule has 0 unspecified atom stereocenters. The van der Waals surface area contributed by atoms with Crippen LogP contribution in [0.4, 0.5) is 0 Å². The number of nitrogens with two attached hydrogens (primary N) is 1. The molecule has 0 aliphatic heterocycles. The fourth-order valence-electron chi connectivity index (χ4n) is 2.10. The van der Waals surface area contributed by atoms with Crippen molar-refractivity contribution in [2.75, 3.05) is 6.54 Å². The molecule has 20 heavy (non-hydrogen) atoms. The van der Waals surface area contributed by atoms with Crippen LogP contribution in [0.15, 0.2) is 23.6 Å². The number of rotatable bonds is 5. The summed E-state index contributed by atoms with van der Waals surface area (Å²) in [6.07, 6.45) is 1.58. The highest BCUT2D eigenvalue weighted by atomic mass is 35.5. The molecule has 108 valence electrons. The Morgan fingerprint density at radius 3 is 2.50 bits per heavy atom. The smallest absolute Gasteiger partial charge is 0.0987 e. The molecular weight excluding hydrogens is 311 g/mol. The van der Waals surface area contributed by atoms with Crippen molar-refractivity contribution in [3.8, 4) is 0 Å². The Kier molecular flexibility index (Phi) is 5.08. The van der Waals surface area contributed by atoms with Gasteiger partial charge in [-0.3, -0.25) is 0 Å². The third-order valence-corrected chi connectivity index (χ3v) is 5.18. The summed E-state index contributed by atoms with van der Waals surface area (Å²) in [7, 11) is 0. The predicted molar refractivity (Wildman–Crippen MR) is 88.1 cm³/mol. The van der Waals surface area contributed by atoms with E-state index in [4.69, 9.17) is 28.9 Å². The van der Waals surface area contributed by atoms with E-state index in [2.05, 4.69) is 24.2 Å². The van der Waals surface area contributed by atoms with Crippen molar-refractivity contribution in [1.82, 2.24) is 4.98 Å². The van der Waals surface area contributed by atoms with Crippen LogP contribution < -0.4 is 5.73 Å². The second-order valence-electron chi connectivity index (χ2n) is 5.44. The van der Waals surface area contributed by atoms with Gasteiger partial charge in [0.2, 0.25) is 0 Å². The van der Waals surface area contributed by atoms with Gasteiger partial charge < -0.3 is 5.73 Å². The van der Waals surface area contributed by atoms with E-state index in [1.807, 2.05) is 18.2 Å². The minimum Gasteiger partial charge on any atom is -0.330 e. The lowest BCUT2D eigenvalue weighted by atomic mass is 9.86. The SMILES string of the molecule is CC(C)(Cc1c(Cl)cccc1Cl)c1nc(CCN)cs1. The molecule has 2 aromatic rings. The average molecular weight is 329 g/mol. The first kappa shape index (κ1) is 15.8. The Labute approximate surface area is 133 Å². The van der Waals surface area contributed by atoms with Gasteiger partial charge in [-0.25, -0.2) is 4.98 Å². The fourth-order valence-corrected chi connectivity index (χ4v) is 3.61. The lowest BCUT2D eigenvalue weighted by Gasteiger charge is -2.23. The van der Waals surface area contributed by atoms with Crippen LogP contribution in [0, 0.1) is 0 Å². The summed E-state index contributed by atoms with van der Waals surface area (Å²) in [5, 5.41) is 4.60. The Morgan fingerprint density at radius 2 is 1.90 bits per heavy atom. The standard InChI is InChI=1S/C15H18Cl2N2S/c1-15(2,14-19-10(6-7-18)9-20-14)8-11-12(16)4-3-5-13(11)17/h3-5,9H,6-8,18H2,1-2H3. The lowest BCUT2D eigenvalue weighted by molar-refractivity contribution is 0.517. The first-order chi connectivity index (χ1) is 9.44. The van der Waals surface area contributed by atoms with E-state index in [0.717, 1.165) is 29.1 Å². The van der Waals surface area contributed by atoms with Gasteiger partial charge in [-0.1, -0.05) is 43.1 Å². The second kappa shape index (κ2) is 6.44. The topological polar surface area (TPSA) is 38.9 Å². The molecule has 0 fully saturated rings. The van der Waals surface area contributed by atoms with Crippen molar-refractivity contribution in [2.45, 2.75) is 32.1 Å². The molecule has 2 rings (SSSR count). The lowest BCUT2D eigenvalue weighted by Crippen LogP contribution is -2.21. The molecule has 0 aliphatic carbocycles. The van der Waals surface area contributed by atoms with Crippen molar-refractivity contribution >= 4 is 34.5 Å². The molecule has 1 aromatic carbocycles. The van der Waals surface area contributed by atoms with Gasteiger partial charge in [-0.15, -0.1) is 11.3 Å². The number of halogens is 2. The van der Waals surface area contributed by atoms with Gasteiger partial charge in [0.25, 0.3) is 0 Å². The molecule has 0 aliphatic rings. The van der Waals surface area contributed by atoms with Crippen LogP contribution in [-0.2, 0) is 18.3 Å². The van der Waals surface area contributed by atoms with Crippen LogP contribution in [0.1, 0.15) is 30.1 Å². The zero-order valence-electron chi connectivity index (χ0n) is 11.6. The van der Waals surface area contributed by atoms with Gasteiger partial charge in [0, 0.05) is 27.3 Å². The van der Waals surface area contributed by atoms with E-state index >= 15 is 0 Å². The van der Waals surface area contributed by atoms with Gasteiger partial charge in [-0.05, 0) is 30.7 Å². The zero-order chi connectivity index (χ0) is 14.8. The molecular formula is C15H18Cl2N2S. The van der Waals surface area contributed by atoms with Crippen LogP contribution in [0.2, 0.25) is 10.0 Å². The van der Waals surface area contributed by atoms with Crippen molar-refractivity contribution < 1.29 is 0 Å². The van der Waals surface area contributed by atoms with Crippen molar-refractivity contribution in [3.05, 3.63) is 49.9 Å². The minimum absolute atomic E-state index is 0.105. The monoisotopic (exact) mass is 328 g/mol. The highest BCUT2D eigenvalue weighted by molar-refractivity contribution is 7.09. The van der Waals surface area contributed by atoms with Crippen LogP contribution in [0.5, 0.6) is 0 Å². The average Bonchev–Trinajstić information content (AvgIpc) is 2.84. The molecule has 0 saturated heterocycles. The molecule has 0 bridgehead atoms. The fraction of sp³-hybridized carbons (Fsp3) is 0.400. The largest absolute Gasteiger partial charge is 0.330 e. The van der Waals surface area contributed by atoms with Crippen LogP contribution in [0.3, 0.4) is 0 Å². The first-order valence-corrected chi connectivity index (χ1v) is 8.15. The Morgan fingerprint density at radius 1 is 1.25 bits per heavy atom. The summed E-state index contributed by atoms with van der Waals surface area (Å²) >= 11 is 14.2. The predicted octanol–water partition coefficient (Wildman–Crippen LogP) is 4.47. The quantitative estimate of drug-likeness (QED) is 0.879. The molecule has 0 spiro atoms. The van der Waals surface area contributed by atoms with Gasteiger partial charge in [0.05, 0.1) is 10.7 Å². The Balaban J connectivity index is 2.25. The van der Waals surface area contributed by atoms with Crippen molar-refractivity contribution in [3.63, 3.8) is 0 Å². The van der Waals surface area contributed by atoms with Crippen LogP contribution in [0.25, 0.3) is 0 Å². The molecule has 0 amide bonds. The number of aromatic nitrogens is 1. The Hall–Kier alpha value is -0.610. The van der Waals surface area contributed by atoms with E-state index in [9.17, 15) is 0 Å². The number of hydrogen-bond donors (Lipinski definition) is 1. The molecule has 2 N–H and O–H groups in total. The molecule has 1 aromatic heterocycles. The maximum atomic E-state index is 6.26. The van der Waals surface area contributed by atoms with E-state index in [1.165, 1.54) is 0 Å². The van der Waals surface area contributed by atoms with E-state index in [0.29, 0.717) is 16.6 Å². The highest BCUT2D eigenvalue weighted by Crippen LogP contribution is 2.35. The number of hydrogen-bond acceptors (Lipinski definition) is 3. The maximum absolute atomic E-state index is 6.26.